The summed E-state index contributed by atoms with van der Waals surface area (Å²) in [5.41, 5.74) is 0.710. The molecular weight excluding hydrogens is 764 g/mol. The fraction of sp³-hybridized carbons (Fsp3) is 0.231. The molecule has 6 atom stereocenters. The number of nitrogens with one attached hydrogen (secondary N) is 1. The third-order valence-corrected chi connectivity index (χ3v) is 11.4. The second-order valence-electron chi connectivity index (χ2n) is 13.9. The zero-order chi connectivity index (χ0) is 39.8. The van der Waals surface area contributed by atoms with Crippen LogP contribution in [0.25, 0.3) is 0 Å². The molecule has 2 heterocycles. The van der Waals surface area contributed by atoms with Gasteiger partial charge in [-0.2, -0.15) is 5.01 Å². The number of hydrogen-bond acceptors (Lipinski definition) is 9. The number of allylic oxidation sites excluding steroid dienone is 2. The fourth-order valence-corrected chi connectivity index (χ4v) is 9.09. The lowest BCUT2D eigenvalue weighted by Gasteiger charge is -2.50. The van der Waals surface area contributed by atoms with Crippen molar-refractivity contribution in [2.24, 2.45) is 23.7 Å². The summed E-state index contributed by atoms with van der Waals surface area (Å²) < 4.78 is 58.9. The van der Waals surface area contributed by atoms with E-state index in [1.54, 1.807) is 6.08 Å². The molecule has 2 aliphatic heterocycles. The van der Waals surface area contributed by atoms with Crippen molar-refractivity contribution in [3.63, 3.8) is 0 Å². The van der Waals surface area contributed by atoms with Gasteiger partial charge in [0, 0.05) is 28.6 Å². The van der Waals surface area contributed by atoms with E-state index in [-0.39, 0.29) is 46.1 Å². The summed E-state index contributed by atoms with van der Waals surface area (Å²) >= 11 is 6.27. The number of benzene rings is 4. The van der Waals surface area contributed by atoms with E-state index in [1.165, 1.54) is 54.6 Å². The predicted octanol–water partition coefficient (Wildman–Crippen LogP) is 7.18. The number of rotatable bonds is 7. The number of fused-ring (bicyclic) bond motifs is 4. The van der Waals surface area contributed by atoms with Gasteiger partial charge in [-0.25, -0.2) is 9.29 Å². The van der Waals surface area contributed by atoms with Crippen LogP contribution in [0.3, 0.4) is 0 Å². The van der Waals surface area contributed by atoms with Crippen molar-refractivity contribution >= 4 is 52.3 Å². The summed E-state index contributed by atoms with van der Waals surface area (Å²) in [4.78, 5) is 70.2. The first-order valence-electron chi connectivity index (χ1n) is 17.2. The number of nitro benzene ring substituents is 1. The Bertz CT molecular complexity index is 2370. The third-order valence-electron chi connectivity index (χ3n) is 11.1. The average Bonchev–Trinajstić information content (AvgIpc) is 3.53. The summed E-state index contributed by atoms with van der Waals surface area (Å²) in [7, 11) is 0. The Morgan fingerprint density at radius 2 is 1.62 bits per heavy atom. The van der Waals surface area contributed by atoms with Gasteiger partial charge in [-0.1, -0.05) is 41.4 Å². The second kappa shape index (κ2) is 13.2. The molecule has 12 nitrogen and oxygen atoms in total. The molecule has 286 valence electrons. The summed E-state index contributed by atoms with van der Waals surface area (Å²) in [5.74, 6) is -11.0. The number of carbonyl (C=O) groups is 4. The van der Waals surface area contributed by atoms with Gasteiger partial charge in [0.25, 0.3) is 17.5 Å². The van der Waals surface area contributed by atoms with Crippen molar-refractivity contribution in [1.29, 1.82) is 0 Å². The van der Waals surface area contributed by atoms with Crippen molar-refractivity contribution in [2.75, 3.05) is 10.3 Å². The van der Waals surface area contributed by atoms with Gasteiger partial charge in [0.15, 0.2) is 0 Å². The average molecular weight is 791 g/mol. The molecule has 2 N–H and O–H groups in total. The van der Waals surface area contributed by atoms with Crippen molar-refractivity contribution in [3.05, 3.63) is 135 Å². The Morgan fingerprint density at radius 3 is 2.30 bits per heavy atom. The van der Waals surface area contributed by atoms with Crippen LogP contribution >= 0.6 is 11.6 Å². The van der Waals surface area contributed by atoms with Crippen molar-refractivity contribution < 1.29 is 51.5 Å². The number of phenolic OH excluding ortho intramolecular Hbond substituents is 1. The second-order valence-corrected chi connectivity index (χ2v) is 14.4. The lowest BCUT2D eigenvalue weighted by atomic mass is 9.49. The summed E-state index contributed by atoms with van der Waals surface area (Å²) in [6.07, 6.45) is -3.86. The molecule has 4 aromatic carbocycles. The normalized spacial score (nSPS) is 25.7. The van der Waals surface area contributed by atoms with Crippen molar-refractivity contribution in [2.45, 2.75) is 30.5 Å². The molecule has 17 heteroatoms. The van der Waals surface area contributed by atoms with Gasteiger partial charge >= 0.3 is 6.36 Å². The van der Waals surface area contributed by atoms with Gasteiger partial charge in [0.05, 0.1) is 39.5 Å². The highest BCUT2D eigenvalue weighted by Gasteiger charge is 2.70. The Hall–Kier alpha value is -6.29. The lowest BCUT2D eigenvalue weighted by molar-refractivity contribution is -0.384. The molecule has 56 heavy (non-hydrogen) atoms. The summed E-state index contributed by atoms with van der Waals surface area (Å²) in [6.45, 7) is 0. The van der Waals surface area contributed by atoms with E-state index in [2.05, 4.69) is 10.2 Å². The van der Waals surface area contributed by atoms with Gasteiger partial charge in [0.1, 0.15) is 17.3 Å². The number of nitrogens with zero attached hydrogens (tertiary/aromatic N) is 3. The van der Waals surface area contributed by atoms with Gasteiger partial charge in [0.2, 0.25) is 11.8 Å². The maximum absolute atomic E-state index is 15.2. The van der Waals surface area contributed by atoms with Crippen LogP contribution in [0.15, 0.2) is 103 Å². The molecule has 1 saturated carbocycles. The number of halogens is 5. The van der Waals surface area contributed by atoms with Crippen molar-refractivity contribution in [1.82, 2.24) is 5.01 Å². The molecule has 0 aromatic heterocycles. The van der Waals surface area contributed by atoms with Crippen LogP contribution in [0.2, 0.25) is 5.02 Å². The zero-order valence-electron chi connectivity index (χ0n) is 28.6. The maximum atomic E-state index is 15.2. The predicted molar refractivity (Wildman–Crippen MR) is 189 cm³/mol. The first-order valence-corrected chi connectivity index (χ1v) is 17.6. The Balaban J connectivity index is 1.34. The van der Waals surface area contributed by atoms with Gasteiger partial charge in [-0.15, -0.1) is 13.2 Å². The van der Waals surface area contributed by atoms with Crippen LogP contribution in [-0.4, -0.2) is 45.0 Å². The summed E-state index contributed by atoms with van der Waals surface area (Å²) in [6, 6.07) is 18.4. The van der Waals surface area contributed by atoms with Gasteiger partial charge in [-0.3, -0.25) is 34.7 Å². The number of amides is 4. The first-order chi connectivity index (χ1) is 26.6. The van der Waals surface area contributed by atoms with Crippen LogP contribution in [0.5, 0.6) is 11.5 Å². The minimum absolute atomic E-state index is 0.0514. The van der Waals surface area contributed by atoms with E-state index in [9.17, 15) is 47.2 Å². The van der Waals surface area contributed by atoms with Crippen LogP contribution in [0, 0.1) is 39.6 Å². The van der Waals surface area contributed by atoms with E-state index in [4.69, 9.17) is 11.6 Å². The number of ether oxygens (including phenoxy) is 1. The molecule has 2 aliphatic carbocycles. The Labute approximate surface area is 319 Å². The molecular formula is C39H27ClF4N4O8. The lowest BCUT2D eigenvalue weighted by Crippen LogP contribution is -2.53. The van der Waals surface area contributed by atoms with Crippen LogP contribution < -0.4 is 15.1 Å². The third kappa shape index (κ3) is 5.74. The minimum atomic E-state index is -5.15. The van der Waals surface area contributed by atoms with Crippen LogP contribution in [0.4, 0.5) is 34.6 Å². The molecule has 4 aliphatic rings. The number of alkyl halides is 3. The highest BCUT2D eigenvalue weighted by Crippen LogP contribution is 2.65. The topological polar surface area (TPSA) is 159 Å². The van der Waals surface area contributed by atoms with Gasteiger partial charge in [-0.05, 0) is 85.0 Å². The highest BCUT2D eigenvalue weighted by atomic mass is 35.5. The standard InChI is InChI=1S/C39H27ClF4N4O8/c40-20-6-4-19(5-7-20)38-30(35(51)47(37(38)53)45-22-10-8-21(41)9-11-22)18-28-26(33(38)29-17-25(12-15-31(29)49)56-39(42,43)44)13-14-27-32(28)36(52)46(34(27)50)23-2-1-3-24(16-23)48(54)55/h1-13,15-17,27-28,30,32-33,45,49H,14,18H2. The molecule has 4 aromatic rings. The number of phenols is 1. The van der Waals surface area contributed by atoms with E-state index in [0.29, 0.717) is 5.57 Å². The van der Waals surface area contributed by atoms with Crippen molar-refractivity contribution in [3.8, 4) is 11.5 Å². The minimum Gasteiger partial charge on any atom is -0.508 e. The highest BCUT2D eigenvalue weighted by molar-refractivity contribution is 6.30. The van der Waals surface area contributed by atoms with E-state index in [1.807, 2.05) is 0 Å². The molecule has 0 radical (unpaired) electrons. The molecule has 0 bridgehead atoms. The number of hydrogen-bond donors (Lipinski definition) is 2. The first kappa shape index (κ1) is 36.7. The SMILES string of the molecule is O=C1C2CC3C(=CCC4C(=O)N(c5cccc([N+](=O)[O-])c5)C(=O)C43)C(c3cc(OC(F)(F)F)ccc3O)C2(c2ccc(Cl)cc2)C(=O)N1Nc1ccc(F)cc1. The number of hydrazine groups is 1. The zero-order valence-corrected chi connectivity index (χ0v) is 29.3. The van der Waals surface area contributed by atoms with E-state index >= 15 is 4.79 Å². The monoisotopic (exact) mass is 790 g/mol. The largest absolute Gasteiger partial charge is 0.573 e. The number of nitro groups is 1. The molecule has 0 spiro atoms. The number of aromatic hydroxyl groups is 1. The molecule has 4 amide bonds. The smallest absolute Gasteiger partial charge is 0.508 e. The number of carbonyl (C=O) groups excluding carboxylic acids is 4. The fourth-order valence-electron chi connectivity index (χ4n) is 8.96. The van der Waals surface area contributed by atoms with Gasteiger partial charge < -0.3 is 9.84 Å². The van der Waals surface area contributed by atoms with Crippen LogP contribution in [0.1, 0.15) is 29.9 Å². The number of non-ortho nitro benzene ring substituents is 1. The number of imide groups is 2. The molecule has 8 rings (SSSR count). The Kier molecular flexibility index (Phi) is 8.63. The number of anilines is 2. The summed E-state index contributed by atoms with van der Waals surface area (Å²) in [5, 5.41) is 24.1. The van der Waals surface area contributed by atoms with E-state index in [0.717, 1.165) is 46.3 Å². The quantitative estimate of drug-likeness (QED) is 0.0650. The molecule has 3 fully saturated rings. The Morgan fingerprint density at radius 1 is 0.911 bits per heavy atom. The maximum Gasteiger partial charge on any atom is 0.573 e. The van der Waals surface area contributed by atoms with Crippen LogP contribution in [-0.2, 0) is 24.6 Å². The van der Waals surface area contributed by atoms with E-state index < -0.39 is 87.2 Å². The molecule has 2 saturated heterocycles. The molecule has 6 unspecified atom stereocenters.